The highest BCUT2D eigenvalue weighted by Crippen LogP contribution is 2.38. The van der Waals surface area contributed by atoms with Gasteiger partial charge in [0.1, 0.15) is 0 Å². The van der Waals surface area contributed by atoms with Crippen LogP contribution in [0, 0.1) is 5.92 Å². The lowest BCUT2D eigenvalue weighted by molar-refractivity contribution is 0.270. The van der Waals surface area contributed by atoms with Crippen LogP contribution in [0.5, 0.6) is 0 Å². The highest BCUT2D eigenvalue weighted by molar-refractivity contribution is 5.33. The van der Waals surface area contributed by atoms with Gasteiger partial charge in [-0.1, -0.05) is 24.3 Å². The maximum absolute atomic E-state index is 3.39. The molecule has 1 aliphatic carbocycles. The van der Waals surface area contributed by atoms with E-state index in [1.165, 1.54) is 32.4 Å². The lowest BCUT2D eigenvalue weighted by Crippen LogP contribution is -2.45. The summed E-state index contributed by atoms with van der Waals surface area (Å²) in [6, 6.07) is 9.04. The smallest absolute Gasteiger partial charge is 0.000238 e. The van der Waals surface area contributed by atoms with Crippen LogP contribution >= 0.6 is 0 Å². The number of fused-ring (bicyclic) bond motifs is 1. The van der Waals surface area contributed by atoms with Gasteiger partial charge in [0.15, 0.2) is 0 Å². The van der Waals surface area contributed by atoms with Crippen LogP contribution in [-0.2, 0) is 6.42 Å². The van der Waals surface area contributed by atoms with E-state index in [1.54, 1.807) is 11.1 Å². The van der Waals surface area contributed by atoms with Crippen molar-refractivity contribution < 1.29 is 0 Å². The zero-order valence-corrected chi connectivity index (χ0v) is 8.50. The van der Waals surface area contributed by atoms with Gasteiger partial charge in [-0.2, -0.15) is 0 Å². The van der Waals surface area contributed by atoms with E-state index in [-0.39, 0.29) is 0 Å². The Labute approximate surface area is 85.5 Å². The maximum Gasteiger partial charge on any atom is -0.000238 e. The molecule has 3 rings (SSSR count). The first kappa shape index (κ1) is 8.49. The van der Waals surface area contributed by atoms with Crippen LogP contribution in [0.1, 0.15) is 29.9 Å². The molecular weight excluding hydrogens is 170 g/mol. The molecule has 1 unspecified atom stereocenters. The minimum absolute atomic E-state index is 0.848. The van der Waals surface area contributed by atoms with Gasteiger partial charge in [-0.15, -0.1) is 0 Å². The Balaban J connectivity index is 1.93. The second-order valence-corrected chi connectivity index (χ2v) is 4.62. The zero-order valence-electron chi connectivity index (χ0n) is 8.50. The number of hydrogen-bond donors (Lipinski definition) is 1. The van der Waals surface area contributed by atoms with Gasteiger partial charge < -0.3 is 5.32 Å². The minimum Gasteiger partial charge on any atom is -0.316 e. The summed E-state index contributed by atoms with van der Waals surface area (Å²) in [7, 11) is 0. The van der Waals surface area contributed by atoms with Gasteiger partial charge in [-0.3, -0.25) is 0 Å². The monoisotopic (exact) mass is 187 g/mol. The van der Waals surface area contributed by atoms with Crippen molar-refractivity contribution in [2.45, 2.75) is 25.2 Å². The normalized spacial score (nSPS) is 26.7. The Morgan fingerprint density at radius 3 is 2.79 bits per heavy atom. The molecule has 1 saturated heterocycles. The van der Waals surface area contributed by atoms with Gasteiger partial charge >= 0.3 is 0 Å². The number of nitrogens with one attached hydrogen (secondary N) is 1. The average molecular weight is 187 g/mol. The Kier molecular flexibility index (Phi) is 2.06. The topological polar surface area (TPSA) is 12.0 Å². The Bertz CT molecular complexity index is 328. The summed E-state index contributed by atoms with van der Waals surface area (Å²) in [5.41, 5.74) is 3.25. The summed E-state index contributed by atoms with van der Waals surface area (Å²) >= 11 is 0. The minimum atomic E-state index is 0.848. The van der Waals surface area contributed by atoms with Crippen LogP contribution < -0.4 is 5.32 Å². The Morgan fingerprint density at radius 2 is 2.00 bits per heavy atom. The fourth-order valence-electron chi connectivity index (χ4n) is 2.88. The molecule has 1 aliphatic heterocycles. The second-order valence-electron chi connectivity index (χ2n) is 4.62. The lowest BCUT2D eigenvalue weighted by atomic mass is 9.74. The zero-order chi connectivity index (χ0) is 9.38. The van der Waals surface area contributed by atoms with E-state index in [2.05, 4.69) is 29.6 Å². The molecule has 0 aromatic heterocycles. The number of benzene rings is 1. The van der Waals surface area contributed by atoms with Crippen molar-refractivity contribution in [1.29, 1.82) is 0 Å². The van der Waals surface area contributed by atoms with Crippen molar-refractivity contribution >= 4 is 0 Å². The molecule has 1 aromatic carbocycles. The van der Waals surface area contributed by atoms with Crippen LogP contribution in [0.4, 0.5) is 0 Å². The highest BCUT2D eigenvalue weighted by Gasteiger charge is 2.30. The first-order valence-corrected chi connectivity index (χ1v) is 5.73. The third-order valence-electron chi connectivity index (χ3n) is 3.80. The summed E-state index contributed by atoms with van der Waals surface area (Å²) in [4.78, 5) is 0. The lowest BCUT2D eigenvalue weighted by Gasteiger charge is -2.38. The molecule has 1 atom stereocenters. The second kappa shape index (κ2) is 3.39. The highest BCUT2D eigenvalue weighted by atomic mass is 15.0. The SMILES string of the molecule is c1ccc2c(c1)CCCC2C1CNC1. The van der Waals surface area contributed by atoms with Crippen molar-refractivity contribution in [2.75, 3.05) is 13.1 Å². The molecule has 1 aromatic rings. The van der Waals surface area contributed by atoms with Crippen LogP contribution in [0.2, 0.25) is 0 Å². The molecule has 2 aliphatic rings. The molecule has 0 saturated carbocycles. The van der Waals surface area contributed by atoms with E-state index in [9.17, 15) is 0 Å². The Hall–Kier alpha value is -0.820. The fraction of sp³-hybridized carbons (Fsp3) is 0.538. The van der Waals surface area contributed by atoms with E-state index in [4.69, 9.17) is 0 Å². The van der Waals surface area contributed by atoms with E-state index >= 15 is 0 Å². The molecule has 0 spiro atoms. The molecule has 1 heterocycles. The quantitative estimate of drug-likeness (QED) is 0.711. The molecular formula is C13H17N. The summed E-state index contributed by atoms with van der Waals surface area (Å²) < 4.78 is 0. The molecule has 74 valence electrons. The van der Waals surface area contributed by atoms with Crippen molar-refractivity contribution in [1.82, 2.24) is 5.32 Å². The van der Waals surface area contributed by atoms with Crippen LogP contribution in [0.15, 0.2) is 24.3 Å². The first-order chi connectivity index (χ1) is 6.95. The van der Waals surface area contributed by atoms with Crippen LogP contribution in [0.3, 0.4) is 0 Å². The summed E-state index contributed by atoms with van der Waals surface area (Å²) in [5.74, 6) is 1.76. The van der Waals surface area contributed by atoms with E-state index in [1.807, 2.05) is 0 Å². The standard InChI is InChI=1S/C13H17N/c1-2-6-12-10(4-1)5-3-7-13(12)11-8-14-9-11/h1-2,4,6,11,13-14H,3,5,7-9H2. The first-order valence-electron chi connectivity index (χ1n) is 5.73. The third kappa shape index (κ3) is 1.27. The number of aryl methyl sites for hydroxylation is 1. The van der Waals surface area contributed by atoms with Gasteiger partial charge in [0.25, 0.3) is 0 Å². The molecule has 0 radical (unpaired) electrons. The molecule has 1 N–H and O–H groups in total. The summed E-state index contributed by atoms with van der Waals surface area (Å²) in [6.07, 6.45) is 4.09. The molecule has 1 heteroatoms. The van der Waals surface area contributed by atoms with Gasteiger partial charge in [-0.05, 0) is 55.3 Å². The summed E-state index contributed by atoms with van der Waals surface area (Å²) in [6.45, 7) is 2.47. The predicted molar refractivity (Wildman–Crippen MR) is 58.5 cm³/mol. The Morgan fingerprint density at radius 1 is 1.14 bits per heavy atom. The number of rotatable bonds is 1. The molecule has 14 heavy (non-hydrogen) atoms. The molecule has 0 amide bonds. The average Bonchev–Trinajstić information content (AvgIpc) is 2.16. The van der Waals surface area contributed by atoms with Crippen LogP contribution in [0.25, 0.3) is 0 Å². The van der Waals surface area contributed by atoms with Crippen molar-refractivity contribution in [3.63, 3.8) is 0 Å². The van der Waals surface area contributed by atoms with Crippen molar-refractivity contribution in [3.05, 3.63) is 35.4 Å². The predicted octanol–water partition coefficient (Wildman–Crippen LogP) is 2.33. The number of hydrogen-bond acceptors (Lipinski definition) is 1. The van der Waals surface area contributed by atoms with Gasteiger partial charge in [0, 0.05) is 0 Å². The van der Waals surface area contributed by atoms with E-state index < -0.39 is 0 Å². The van der Waals surface area contributed by atoms with Gasteiger partial charge in [0.2, 0.25) is 0 Å². The van der Waals surface area contributed by atoms with Crippen molar-refractivity contribution in [3.8, 4) is 0 Å². The van der Waals surface area contributed by atoms with Gasteiger partial charge in [0.05, 0.1) is 0 Å². The molecule has 1 fully saturated rings. The maximum atomic E-state index is 3.39. The largest absolute Gasteiger partial charge is 0.316 e. The molecule has 1 nitrogen and oxygen atoms in total. The summed E-state index contributed by atoms with van der Waals surface area (Å²) in [5, 5.41) is 3.39. The van der Waals surface area contributed by atoms with Crippen LogP contribution in [-0.4, -0.2) is 13.1 Å². The van der Waals surface area contributed by atoms with Crippen molar-refractivity contribution in [2.24, 2.45) is 5.92 Å². The third-order valence-corrected chi connectivity index (χ3v) is 3.80. The van der Waals surface area contributed by atoms with E-state index in [0.29, 0.717) is 0 Å². The van der Waals surface area contributed by atoms with E-state index in [0.717, 1.165) is 11.8 Å². The molecule has 0 bridgehead atoms. The fourth-order valence-corrected chi connectivity index (χ4v) is 2.88. The van der Waals surface area contributed by atoms with Gasteiger partial charge in [-0.25, -0.2) is 0 Å².